The van der Waals surface area contributed by atoms with Crippen molar-refractivity contribution in [3.63, 3.8) is 0 Å². The van der Waals surface area contributed by atoms with Crippen LogP contribution >= 0.6 is 0 Å². The lowest BCUT2D eigenvalue weighted by Crippen LogP contribution is -2.45. The third kappa shape index (κ3) is 2.03. The van der Waals surface area contributed by atoms with Crippen LogP contribution in [-0.2, 0) is 16.7 Å². The van der Waals surface area contributed by atoms with Crippen molar-refractivity contribution in [3.05, 3.63) is 11.7 Å². The Morgan fingerprint density at radius 3 is 3.00 bits per heavy atom. The van der Waals surface area contributed by atoms with Crippen LogP contribution in [0.3, 0.4) is 0 Å². The molecule has 5 nitrogen and oxygen atoms in total. The quantitative estimate of drug-likeness (QED) is 0.789. The van der Waals surface area contributed by atoms with E-state index in [1.54, 1.807) is 0 Å². The number of aromatic nitrogens is 2. The molecule has 1 aliphatic heterocycles. The van der Waals surface area contributed by atoms with Gasteiger partial charge in [-0.25, -0.2) is 0 Å². The number of hydrogen-bond donors (Lipinski definition) is 1. The van der Waals surface area contributed by atoms with Crippen molar-refractivity contribution in [1.82, 2.24) is 10.1 Å². The van der Waals surface area contributed by atoms with Gasteiger partial charge in [-0.2, -0.15) is 4.98 Å². The third-order valence-corrected chi connectivity index (χ3v) is 2.82. The largest absolute Gasteiger partial charge is 0.378 e. The zero-order valence-corrected chi connectivity index (χ0v) is 9.19. The Kier molecular flexibility index (Phi) is 2.75. The molecule has 1 saturated heterocycles. The zero-order valence-electron chi connectivity index (χ0n) is 9.19. The van der Waals surface area contributed by atoms with Gasteiger partial charge in [0.15, 0.2) is 5.82 Å². The van der Waals surface area contributed by atoms with Crippen LogP contribution in [0.5, 0.6) is 0 Å². The molecular formula is C10H17N3O2. The Bertz CT molecular complexity index is 339. The van der Waals surface area contributed by atoms with Gasteiger partial charge in [0.2, 0.25) is 5.89 Å². The Morgan fingerprint density at radius 1 is 1.60 bits per heavy atom. The lowest BCUT2D eigenvalue weighted by Gasteiger charge is -2.33. The van der Waals surface area contributed by atoms with Gasteiger partial charge in [0.05, 0.1) is 11.6 Å². The molecule has 2 rings (SSSR count). The summed E-state index contributed by atoms with van der Waals surface area (Å²) in [4.78, 5) is 4.30. The van der Waals surface area contributed by atoms with Crippen molar-refractivity contribution < 1.29 is 9.26 Å². The third-order valence-electron chi connectivity index (χ3n) is 2.82. The molecule has 1 fully saturated rings. The smallest absolute Gasteiger partial charge is 0.226 e. The fourth-order valence-electron chi connectivity index (χ4n) is 1.92. The summed E-state index contributed by atoms with van der Waals surface area (Å²) in [6.45, 7) is 4.66. The van der Waals surface area contributed by atoms with E-state index in [2.05, 4.69) is 10.1 Å². The molecule has 0 aliphatic carbocycles. The van der Waals surface area contributed by atoms with Gasteiger partial charge in [0.25, 0.3) is 0 Å². The number of nitrogens with two attached hydrogens (primary N) is 1. The molecule has 0 saturated carbocycles. The first-order chi connectivity index (χ1) is 7.14. The first kappa shape index (κ1) is 10.6. The van der Waals surface area contributed by atoms with Crippen LogP contribution < -0.4 is 5.73 Å². The fourth-order valence-corrected chi connectivity index (χ4v) is 1.92. The van der Waals surface area contributed by atoms with Crippen molar-refractivity contribution in [2.24, 2.45) is 5.73 Å². The second-order valence-electron chi connectivity index (χ2n) is 4.16. The number of aryl methyl sites for hydroxylation is 1. The van der Waals surface area contributed by atoms with Gasteiger partial charge in [0.1, 0.15) is 0 Å². The molecule has 0 radical (unpaired) electrons. The molecule has 1 aromatic heterocycles. The number of ether oxygens (including phenoxy) is 1. The van der Waals surface area contributed by atoms with E-state index < -0.39 is 5.54 Å². The number of rotatable bonds is 2. The number of hydrogen-bond acceptors (Lipinski definition) is 5. The Morgan fingerprint density at radius 2 is 2.40 bits per heavy atom. The highest BCUT2D eigenvalue weighted by molar-refractivity contribution is 5.06. The molecule has 0 spiro atoms. The summed E-state index contributed by atoms with van der Waals surface area (Å²) in [5, 5.41) is 3.95. The molecule has 2 heterocycles. The average molecular weight is 211 g/mol. The molecule has 0 aromatic carbocycles. The highest BCUT2D eigenvalue weighted by Gasteiger charge is 2.37. The highest BCUT2D eigenvalue weighted by Crippen LogP contribution is 2.30. The average Bonchev–Trinajstić information content (AvgIpc) is 2.66. The molecule has 2 N–H and O–H groups in total. The lowest BCUT2D eigenvalue weighted by atomic mass is 9.87. The summed E-state index contributed by atoms with van der Waals surface area (Å²) in [6, 6.07) is 0. The fraction of sp³-hybridized carbons (Fsp3) is 0.800. The van der Waals surface area contributed by atoms with Crippen molar-refractivity contribution in [2.45, 2.75) is 44.8 Å². The van der Waals surface area contributed by atoms with E-state index in [1.807, 2.05) is 13.8 Å². The topological polar surface area (TPSA) is 74.2 Å². The molecule has 1 aromatic rings. The van der Waals surface area contributed by atoms with Crippen LogP contribution in [0.2, 0.25) is 0 Å². The first-order valence-corrected chi connectivity index (χ1v) is 5.37. The summed E-state index contributed by atoms with van der Waals surface area (Å²) in [7, 11) is 0. The van der Waals surface area contributed by atoms with Crippen LogP contribution in [0.4, 0.5) is 0 Å². The first-order valence-electron chi connectivity index (χ1n) is 5.37. The standard InChI is InChI=1S/C10H17N3O2/c1-3-8-12-9(13-15-8)10(11)4-5-14-7(2)6-10/h7H,3-6,11H2,1-2H3. The predicted molar refractivity (Wildman–Crippen MR) is 54.2 cm³/mol. The molecular weight excluding hydrogens is 194 g/mol. The molecule has 84 valence electrons. The molecule has 0 amide bonds. The van der Waals surface area contributed by atoms with E-state index in [0.717, 1.165) is 19.3 Å². The van der Waals surface area contributed by atoms with Crippen molar-refractivity contribution >= 4 is 0 Å². The summed E-state index contributed by atoms with van der Waals surface area (Å²) < 4.78 is 10.5. The van der Waals surface area contributed by atoms with E-state index in [0.29, 0.717) is 18.3 Å². The normalized spacial score (nSPS) is 31.8. The van der Waals surface area contributed by atoms with Gasteiger partial charge in [-0.15, -0.1) is 0 Å². The second-order valence-corrected chi connectivity index (χ2v) is 4.16. The van der Waals surface area contributed by atoms with Gasteiger partial charge in [-0.3, -0.25) is 0 Å². The maximum Gasteiger partial charge on any atom is 0.226 e. The van der Waals surface area contributed by atoms with Crippen molar-refractivity contribution in [3.8, 4) is 0 Å². The van der Waals surface area contributed by atoms with Crippen LogP contribution in [-0.4, -0.2) is 22.9 Å². The van der Waals surface area contributed by atoms with E-state index in [4.69, 9.17) is 15.0 Å². The zero-order chi connectivity index (χ0) is 10.9. The van der Waals surface area contributed by atoms with Gasteiger partial charge in [-0.1, -0.05) is 12.1 Å². The minimum absolute atomic E-state index is 0.160. The van der Waals surface area contributed by atoms with Crippen molar-refractivity contribution in [2.75, 3.05) is 6.61 Å². The Hall–Kier alpha value is -0.940. The lowest BCUT2D eigenvalue weighted by molar-refractivity contribution is -0.0117. The molecule has 1 aliphatic rings. The van der Waals surface area contributed by atoms with E-state index in [-0.39, 0.29) is 6.10 Å². The molecule has 5 heteroatoms. The van der Waals surface area contributed by atoms with E-state index in [1.165, 1.54) is 0 Å². The minimum atomic E-state index is -0.478. The van der Waals surface area contributed by atoms with Crippen LogP contribution in [0.15, 0.2) is 4.52 Å². The minimum Gasteiger partial charge on any atom is -0.378 e. The molecule has 2 unspecified atom stereocenters. The van der Waals surface area contributed by atoms with Crippen LogP contribution in [0, 0.1) is 0 Å². The monoisotopic (exact) mass is 211 g/mol. The van der Waals surface area contributed by atoms with Gasteiger partial charge < -0.3 is 15.0 Å². The summed E-state index contributed by atoms with van der Waals surface area (Å²) in [6.07, 6.45) is 2.40. The SMILES string of the molecule is CCc1nc(C2(N)CCOC(C)C2)no1. The van der Waals surface area contributed by atoms with E-state index >= 15 is 0 Å². The molecule has 15 heavy (non-hydrogen) atoms. The van der Waals surface area contributed by atoms with Crippen LogP contribution in [0.25, 0.3) is 0 Å². The van der Waals surface area contributed by atoms with Gasteiger partial charge in [0, 0.05) is 13.0 Å². The van der Waals surface area contributed by atoms with Gasteiger partial charge >= 0.3 is 0 Å². The van der Waals surface area contributed by atoms with Gasteiger partial charge in [-0.05, 0) is 19.8 Å². The Labute approximate surface area is 89.0 Å². The van der Waals surface area contributed by atoms with Crippen LogP contribution in [0.1, 0.15) is 38.4 Å². The second kappa shape index (κ2) is 3.90. The maximum absolute atomic E-state index is 6.27. The summed E-state index contributed by atoms with van der Waals surface area (Å²) in [5.41, 5.74) is 5.80. The highest BCUT2D eigenvalue weighted by atomic mass is 16.5. The molecule has 0 bridgehead atoms. The number of nitrogens with zero attached hydrogens (tertiary/aromatic N) is 2. The summed E-state index contributed by atoms with van der Waals surface area (Å²) >= 11 is 0. The van der Waals surface area contributed by atoms with Crippen molar-refractivity contribution in [1.29, 1.82) is 0 Å². The summed E-state index contributed by atoms with van der Waals surface area (Å²) in [5.74, 6) is 1.27. The Balaban J connectivity index is 2.20. The maximum atomic E-state index is 6.27. The predicted octanol–water partition coefficient (Wildman–Crippen LogP) is 0.985. The molecule has 2 atom stereocenters. The van der Waals surface area contributed by atoms with E-state index in [9.17, 15) is 0 Å².